The topological polar surface area (TPSA) is 32.7 Å². The summed E-state index contributed by atoms with van der Waals surface area (Å²) >= 11 is 11.6. The van der Waals surface area contributed by atoms with Crippen molar-refractivity contribution < 1.29 is 4.79 Å². The minimum atomic E-state index is -0.384. The lowest BCUT2D eigenvalue weighted by atomic mass is 10.2. The van der Waals surface area contributed by atoms with Gasteiger partial charge in [0, 0.05) is 19.1 Å². The predicted molar refractivity (Wildman–Crippen MR) is 63.0 cm³/mol. The summed E-state index contributed by atoms with van der Waals surface area (Å²) in [7, 11) is 3.56. The van der Waals surface area contributed by atoms with Crippen molar-refractivity contribution in [3.05, 3.63) is 33.8 Å². The average Bonchev–Trinajstić information content (AvgIpc) is 2.14. The Bertz CT molecular complexity index is 402. The number of amides is 1. The second kappa shape index (κ2) is 5.14. The van der Waals surface area contributed by atoms with Gasteiger partial charge < -0.3 is 4.90 Å². The quantitative estimate of drug-likeness (QED) is 0.592. The molecule has 1 rings (SSSR count). The maximum atomic E-state index is 11.5. The second-order valence-electron chi connectivity index (χ2n) is 3.14. The van der Waals surface area contributed by atoms with Crippen molar-refractivity contribution in [3.63, 3.8) is 0 Å². The molecule has 0 unspecified atom stereocenters. The summed E-state index contributed by atoms with van der Waals surface area (Å²) in [5, 5.41) is 0.802. The lowest BCUT2D eigenvalue weighted by molar-refractivity contribution is 0.100. The third-order valence-electron chi connectivity index (χ3n) is 1.57. The number of hydrogen-bond donors (Lipinski definition) is 0. The van der Waals surface area contributed by atoms with Gasteiger partial charge in [0.25, 0.3) is 5.91 Å². The monoisotopic (exact) mass is 244 g/mol. The van der Waals surface area contributed by atoms with Gasteiger partial charge in [-0.3, -0.25) is 4.79 Å². The molecular formula is C10H10Cl2N2O. The zero-order valence-corrected chi connectivity index (χ0v) is 9.88. The molecule has 0 bridgehead atoms. The Kier molecular flexibility index (Phi) is 4.12. The van der Waals surface area contributed by atoms with Crippen molar-refractivity contribution >= 4 is 35.4 Å². The zero-order chi connectivity index (χ0) is 11.4. The molecular weight excluding hydrogens is 235 g/mol. The van der Waals surface area contributed by atoms with E-state index in [0.29, 0.717) is 15.6 Å². The Morgan fingerprint density at radius 2 is 2.07 bits per heavy atom. The van der Waals surface area contributed by atoms with Crippen LogP contribution in [0, 0.1) is 0 Å². The molecule has 15 heavy (non-hydrogen) atoms. The van der Waals surface area contributed by atoms with Crippen molar-refractivity contribution in [1.82, 2.24) is 4.90 Å². The Balaban J connectivity index is 2.92. The van der Waals surface area contributed by atoms with Crippen LogP contribution in [0.25, 0.3) is 0 Å². The second-order valence-corrected chi connectivity index (χ2v) is 3.98. The van der Waals surface area contributed by atoms with Gasteiger partial charge in [0.15, 0.2) is 0 Å². The molecule has 0 aliphatic rings. The normalized spacial score (nSPS) is 10.7. The number of rotatable bonds is 2. The number of carbonyl (C=O) groups excluding carboxylic acids is 1. The van der Waals surface area contributed by atoms with Crippen LogP contribution < -0.4 is 0 Å². The minimum absolute atomic E-state index is 0.309. The van der Waals surface area contributed by atoms with E-state index in [1.165, 1.54) is 12.4 Å². The van der Waals surface area contributed by atoms with Crippen molar-refractivity contribution in [2.75, 3.05) is 14.1 Å². The van der Waals surface area contributed by atoms with E-state index in [0.717, 1.165) is 0 Å². The lowest BCUT2D eigenvalue weighted by Crippen LogP contribution is -2.09. The number of halogens is 2. The molecule has 0 saturated carbocycles. The maximum absolute atomic E-state index is 11.5. The molecule has 5 heteroatoms. The molecule has 0 aliphatic carbocycles. The molecule has 0 fully saturated rings. The number of aliphatic imine (C=N–C) groups is 1. The third-order valence-corrected chi connectivity index (χ3v) is 2.12. The van der Waals surface area contributed by atoms with Gasteiger partial charge in [-0.2, -0.15) is 4.99 Å². The van der Waals surface area contributed by atoms with Gasteiger partial charge in [-0.25, -0.2) is 0 Å². The fourth-order valence-electron chi connectivity index (χ4n) is 0.900. The molecule has 0 heterocycles. The Hall–Kier alpha value is -1.06. The molecule has 0 spiro atoms. The summed E-state index contributed by atoms with van der Waals surface area (Å²) < 4.78 is 0. The summed E-state index contributed by atoms with van der Waals surface area (Å²) in [6.07, 6.45) is 1.42. The first-order valence-corrected chi connectivity index (χ1v) is 4.96. The first-order chi connectivity index (χ1) is 7.00. The molecule has 1 aromatic rings. The molecule has 3 nitrogen and oxygen atoms in total. The van der Waals surface area contributed by atoms with Gasteiger partial charge in [0.2, 0.25) is 0 Å². The first kappa shape index (κ1) is 12.0. The van der Waals surface area contributed by atoms with E-state index in [2.05, 4.69) is 4.99 Å². The van der Waals surface area contributed by atoms with E-state index < -0.39 is 0 Å². The van der Waals surface area contributed by atoms with Gasteiger partial charge in [0.1, 0.15) is 0 Å². The Morgan fingerprint density at radius 1 is 1.40 bits per heavy atom. The minimum Gasteiger partial charge on any atom is -0.369 e. The summed E-state index contributed by atoms with van der Waals surface area (Å²) in [5.74, 6) is -0.384. The fourth-order valence-corrected chi connectivity index (χ4v) is 1.39. The fraction of sp³-hybridized carbons (Fsp3) is 0.200. The van der Waals surface area contributed by atoms with Crippen LogP contribution in [-0.2, 0) is 0 Å². The summed E-state index contributed by atoms with van der Waals surface area (Å²) in [5.41, 5.74) is 0.346. The maximum Gasteiger partial charge on any atom is 0.279 e. The average molecular weight is 245 g/mol. The smallest absolute Gasteiger partial charge is 0.279 e. The largest absolute Gasteiger partial charge is 0.369 e. The van der Waals surface area contributed by atoms with E-state index >= 15 is 0 Å². The van der Waals surface area contributed by atoms with E-state index in [-0.39, 0.29) is 5.91 Å². The van der Waals surface area contributed by atoms with E-state index in [9.17, 15) is 4.79 Å². The molecule has 1 amide bonds. The van der Waals surface area contributed by atoms with Crippen LogP contribution in [0.4, 0.5) is 0 Å². The zero-order valence-electron chi connectivity index (χ0n) is 8.37. The summed E-state index contributed by atoms with van der Waals surface area (Å²) in [6.45, 7) is 0. The first-order valence-electron chi connectivity index (χ1n) is 4.20. The lowest BCUT2D eigenvalue weighted by Gasteiger charge is -2.03. The van der Waals surface area contributed by atoms with Gasteiger partial charge in [-0.1, -0.05) is 23.2 Å². The summed E-state index contributed by atoms with van der Waals surface area (Å²) in [6, 6.07) is 4.67. The van der Waals surface area contributed by atoms with E-state index in [1.807, 2.05) is 0 Å². The van der Waals surface area contributed by atoms with E-state index in [4.69, 9.17) is 23.2 Å². The van der Waals surface area contributed by atoms with Crippen LogP contribution in [0.1, 0.15) is 10.4 Å². The predicted octanol–water partition coefficient (Wildman–Crippen LogP) is 2.72. The van der Waals surface area contributed by atoms with Gasteiger partial charge in [-0.15, -0.1) is 0 Å². The van der Waals surface area contributed by atoms with Gasteiger partial charge >= 0.3 is 0 Å². The highest BCUT2D eigenvalue weighted by Gasteiger charge is 2.08. The van der Waals surface area contributed by atoms with Crippen molar-refractivity contribution in [1.29, 1.82) is 0 Å². The van der Waals surface area contributed by atoms with Crippen molar-refractivity contribution in [3.8, 4) is 0 Å². The van der Waals surface area contributed by atoms with E-state index in [1.54, 1.807) is 31.1 Å². The number of hydrogen-bond acceptors (Lipinski definition) is 1. The molecule has 80 valence electrons. The molecule has 0 radical (unpaired) electrons. The van der Waals surface area contributed by atoms with Crippen LogP contribution in [-0.4, -0.2) is 31.2 Å². The molecule has 1 aromatic carbocycles. The van der Waals surface area contributed by atoms with Crippen LogP contribution in [0.2, 0.25) is 10.0 Å². The molecule has 0 saturated heterocycles. The Morgan fingerprint density at radius 3 is 2.60 bits per heavy atom. The van der Waals surface area contributed by atoms with Gasteiger partial charge in [-0.05, 0) is 18.2 Å². The highest BCUT2D eigenvalue weighted by molar-refractivity contribution is 6.36. The highest BCUT2D eigenvalue weighted by atomic mass is 35.5. The van der Waals surface area contributed by atoms with Crippen LogP contribution >= 0.6 is 23.2 Å². The van der Waals surface area contributed by atoms with Crippen LogP contribution in [0.3, 0.4) is 0 Å². The van der Waals surface area contributed by atoms with Crippen molar-refractivity contribution in [2.24, 2.45) is 4.99 Å². The third kappa shape index (κ3) is 3.53. The summed E-state index contributed by atoms with van der Waals surface area (Å²) in [4.78, 5) is 16.9. The van der Waals surface area contributed by atoms with Crippen LogP contribution in [0.15, 0.2) is 23.2 Å². The molecule has 0 aromatic heterocycles. The number of benzene rings is 1. The number of carbonyl (C=O) groups is 1. The Labute approximate surface area is 98.3 Å². The highest BCUT2D eigenvalue weighted by Crippen LogP contribution is 2.21. The standard InChI is InChI=1S/C10H10Cl2N2O/c1-14(2)6-13-10(15)8-4-3-7(11)5-9(8)12/h3-6H,1-2H3. The van der Waals surface area contributed by atoms with Crippen LogP contribution in [0.5, 0.6) is 0 Å². The molecule has 0 atom stereocenters. The molecule has 0 aliphatic heterocycles. The van der Waals surface area contributed by atoms with Crippen molar-refractivity contribution in [2.45, 2.75) is 0 Å². The SMILES string of the molecule is CN(C)C=NC(=O)c1ccc(Cl)cc1Cl. The molecule has 0 N–H and O–H groups in total. The number of nitrogens with zero attached hydrogens (tertiary/aromatic N) is 2. The van der Waals surface area contributed by atoms with Gasteiger partial charge in [0.05, 0.1) is 16.9 Å².